The highest BCUT2D eigenvalue weighted by atomic mass is 19.3. The van der Waals surface area contributed by atoms with Gasteiger partial charge in [-0.05, 0) is 5.56 Å². The number of aromatic nitrogens is 3. The van der Waals surface area contributed by atoms with Crippen molar-refractivity contribution in [1.29, 1.82) is 0 Å². The highest BCUT2D eigenvalue weighted by Crippen LogP contribution is 2.39. The minimum atomic E-state index is -2.97. The summed E-state index contributed by atoms with van der Waals surface area (Å²) < 4.78 is 44.5. The van der Waals surface area contributed by atoms with E-state index in [9.17, 15) is 18.0 Å². The lowest BCUT2D eigenvalue weighted by atomic mass is 9.88. The molecule has 0 saturated heterocycles. The number of ketones is 1. The van der Waals surface area contributed by atoms with Gasteiger partial charge in [-0.15, -0.1) is 5.10 Å². The third-order valence-electron chi connectivity index (χ3n) is 4.24. The van der Waals surface area contributed by atoms with Crippen LogP contribution in [0.25, 0.3) is 0 Å². The van der Waals surface area contributed by atoms with Crippen molar-refractivity contribution in [2.24, 2.45) is 5.41 Å². The molecule has 1 aromatic carbocycles. The normalized spacial score (nSPS) is 20.1. The predicted octanol–water partition coefficient (Wildman–Crippen LogP) is 3.73. The maximum absolute atomic E-state index is 14.3. The van der Waals surface area contributed by atoms with Gasteiger partial charge in [-0.2, -0.15) is 8.78 Å². The summed E-state index contributed by atoms with van der Waals surface area (Å²) in [6, 6.07) is 8.91. The van der Waals surface area contributed by atoms with Crippen LogP contribution in [0.3, 0.4) is 0 Å². The number of nitrogens with zero attached hydrogens (tertiary/aromatic N) is 3. The van der Waals surface area contributed by atoms with Gasteiger partial charge < -0.3 is 4.74 Å². The van der Waals surface area contributed by atoms with Crippen LogP contribution in [0.2, 0.25) is 0 Å². The Morgan fingerprint density at radius 1 is 1.36 bits per heavy atom. The molecule has 8 heteroatoms. The van der Waals surface area contributed by atoms with Crippen LogP contribution >= 0.6 is 0 Å². The highest BCUT2D eigenvalue weighted by molar-refractivity contribution is 5.96. The van der Waals surface area contributed by atoms with E-state index in [1.165, 1.54) is 18.5 Å². The topological polar surface area (TPSA) is 57.0 Å². The van der Waals surface area contributed by atoms with E-state index in [2.05, 4.69) is 14.8 Å². The van der Waals surface area contributed by atoms with Crippen LogP contribution in [0.15, 0.2) is 30.3 Å². The minimum Gasteiger partial charge on any atom is -0.322 e. The molecule has 0 saturated carbocycles. The van der Waals surface area contributed by atoms with Crippen molar-refractivity contribution >= 4 is 5.78 Å². The molecule has 1 aromatic heterocycles. The van der Waals surface area contributed by atoms with Crippen LogP contribution in [0.4, 0.5) is 13.2 Å². The van der Waals surface area contributed by atoms with Gasteiger partial charge in [0.25, 0.3) is 0 Å². The van der Waals surface area contributed by atoms with Gasteiger partial charge in [0.05, 0.1) is 18.1 Å². The van der Waals surface area contributed by atoms with E-state index in [-0.39, 0.29) is 24.1 Å². The minimum absolute atomic E-state index is 0.0859. The number of fused-ring (bicyclic) bond motifs is 1. The zero-order valence-electron chi connectivity index (χ0n) is 13.8. The second-order valence-corrected chi connectivity index (χ2v) is 6.65. The van der Waals surface area contributed by atoms with Crippen LogP contribution in [0, 0.1) is 5.41 Å². The SMILES string of the molecule is CC(C)(COC(F)F)C(=O)c1nc2n(n1)C(c1ccccc1)CC2F. The second-order valence-electron chi connectivity index (χ2n) is 6.65. The monoisotopic (exact) mass is 353 g/mol. The summed E-state index contributed by atoms with van der Waals surface area (Å²) in [6.07, 6.45) is -1.13. The van der Waals surface area contributed by atoms with Gasteiger partial charge in [-0.1, -0.05) is 44.2 Å². The lowest BCUT2D eigenvalue weighted by Crippen LogP contribution is -2.31. The Labute approximate surface area is 142 Å². The van der Waals surface area contributed by atoms with Gasteiger partial charge in [0.15, 0.2) is 12.0 Å². The molecule has 0 spiro atoms. The van der Waals surface area contributed by atoms with E-state index < -0.39 is 30.6 Å². The Balaban J connectivity index is 1.87. The van der Waals surface area contributed by atoms with E-state index >= 15 is 0 Å². The first-order valence-electron chi connectivity index (χ1n) is 7.89. The summed E-state index contributed by atoms with van der Waals surface area (Å²) in [6.45, 7) is -0.518. The first-order chi connectivity index (χ1) is 11.8. The molecule has 2 unspecified atom stereocenters. The Morgan fingerprint density at radius 3 is 2.68 bits per heavy atom. The first-order valence-corrected chi connectivity index (χ1v) is 7.89. The highest BCUT2D eigenvalue weighted by Gasteiger charge is 2.39. The zero-order valence-corrected chi connectivity index (χ0v) is 13.8. The molecule has 2 atom stereocenters. The van der Waals surface area contributed by atoms with Crippen molar-refractivity contribution in [1.82, 2.24) is 14.8 Å². The molecule has 0 N–H and O–H groups in total. The maximum atomic E-state index is 14.3. The number of rotatable bonds is 6. The molecule has 0 aliphatic carbocycles. The molecule has 0 amide bonds. The van der Waals surface area contributed by atoms with Crippen molar-refractivity contribution < 1.29 is 22.7 Å². The van der Waals surface area contributed by atoms with Crippen LogP contribution < -0.4 is 0 Å². The summed E-state index contributed by atoms with van der Waals surface area (Å²) in [4.78, 5) is 16.6. The van der Waals surface area contributed by atoms with Crippen molar-refractivity contribution in [2.45, 2.75) is 39.1 Å². The van der Waals surface area contributed by atoms with E-state index in [0.717, 1.165) is 5.56 Å². The predicted molar refractivity (Wildman–Crippen MR) is 83.1 cm³/mol. The third kappa shape index (κ3) is 3.44. The second kappa shape index (κ2) is 6.59. The summed E-state index contributed by atoms with van der Waals surface area (Å²) in [7, 11) is 0. The lowest BCUT2D eigenvalue weighted by Gasteiger charge is -2.21. The Kier molecular flexibility index (Phi) is 4.64. The van der Waals surface area contributed by atoms with Crippen molar-refractivity contribution in [3.8, 4) is 0 Å². The van der Waals surface area contributed by atoms with Crippen molar-refractivity contribution in [3.63, 3.8) is 0 Å². The van der Waals surface area contributed by atoms with Crippen LogP contribution in [0.1, 0.15) is 54.5 Å². The Hall–Kier alpha value is -2.22. The summed E-state index contributed by atoms with van der Waals surface area (Å²) in [5.74, 6) is -0.655. The van der Waals surface area contributed by atoms with Gasteiger partial charge in [-0.25, -0.2) is 14.1 Å². The molecule has 5 nitrogen and oxygen atoms in total. The Bertz CT molecular complexity index is 762. The quantitative estimate of drug-likeness (QED) is 0.743. The summed E-state index contributed by atoms with van der Waals surface area (Å²) in [5.41, 5.74) is -0.374. The molecule has 0 radical (unpaired) electrons. The van der Waals surface area contributed by atoms with Crippen LogP contribution in [0.5, 0.6) is 0 Å². The molecule has 1 aliphatic rings. The number of hydrogen-bond donors (Lipinski definition) is 0. The van der Waals surface area contributed by atoms with E-state index in [0.29, 0.717) is 0 Å². The van der Waals surface area contributed by atoms with Gasteiger partial charge in [0.2, 0.25) is 11.6 Å². The lowest BCUT2D eigenvalue weighted by molar-refractivity contribution is -0.142. The number of benzene rings is 1. The number of carbonyl (C=O) groups excluding carboxylic acids is 1. The number of hydrogen-bond acceptors (Lipinski definition) is 4. The molecule has 2 aromatic rings. The molecule has 25 heavy (non-hydrogen) atoms. The van der Waals surface area contributed by atoms with Gasteiger partial charge >= 0.3 is 6.61 Å². The molecule has 134 valence electrons. The zero-order chi connectivity index (χ0) is 18.2. The number of halogens is 3. The average molecular weight is 353 g/mol. The van der Waals surface area contributed by atoms with Crippen LogP contribution in [-0.4, -0.2) is 33.8 Å². The largest absolute Gasteiger partial charge is 0.345 e. The first kappa shape index (κ1) is 17.6. The fraction of sp³-hybridized carbons (Fsp3) is 0.471. The molecule has 0 fully saturated rings. The summed E-state index contributed by atoms with van der Waals surface area (Å²) >= 11 is 0. The van der Waals surface area contributed by atoms with Crippen molar-refractivity contribution in [2.75, 3.05) is 6.61 Å². The molecule has 2 heterocycles. The fourth-order valence-electron chi connectivity index (χ4n) is 2.87. The smallest absolute Gasteiger partial charge is 0.322 e. The standard InChI is InChI=1S/C17H18F3N3O2/c1-17(2,9-25-16(19)20)13(24)14-21-15-11(18)8-12(23(15)22-14)10-6-4-3-5-7-10/h3-7,11-12,16H,8-9H2,1-2H3. The Morgan fingerprint density at radius 2 is 2.04 bits per heavy atom. The molecular formula is C17H18F3N3O2. The molecular weight excluding hydrogens is 335 g/mol. The van der Waals surface area contributed by atoms with Crippen molar-refractivity contribution in [3.05, 3.63) is 47.5 Å². The third-order valence-corrected chi connectivity index (χ3v) is 4.24. The number of ether oxygens (including phenoxy) is 1. The molecule has 3 rings (SSSR count). The molecule has 0 bridgehead atoms. The van der Waals surface area contributed by atoms with Gasteiger partial charge in [0, 0.05) is 6.42 Å². The summed E-state index contributed by atoms with van der Waals surface area (Å²) in [5, 5.41) is 4.17. The van der Waals surface area contributed by atoms with E-state index in [1.807, 2.05) is 30.3 Å². The molecule has 1 aliphatic heterocycles. The fourth-order valence-corrected chi connectivity index (χ4v) is 2.87. The average Bonchev–Trinajstić information content (AvgIpc) is 3.14. The maximum Gasteiger partial charge on any atom is 0.345 e. The van der Waals surface area contributed by atoms with E-state index in [4.69, 9.17) is 0 Å². The van der Waals surface area contributed by atoms with Crippen LogP contribution in [-0.2, 0) is 4.74 Å². The van der Waals surface area contributed by atoms with Gasteiger partial charge in [-0.3, -0.25) is 4.79 Å². The van der Waals surface area contributed by atoms with Gasteiger partial charge in [0.1, 0.15) is 0 Å². The number of Topliss-reactive ketones (excluding diaryl/α,β-unsaturated/α-hetero) is 1. The number of alkyl halides is 3. The number of carbonyl (C=O) groups is 1. The van der Waals surface area contributed by atoms with E-state index in [1.54, 1.807) is 0 Å².